The summed E-state index contributed by atoms with van der Waals surface area (Å²) in [5.41, 5.74) is -0.479. The van der Waals surface area contributed by atoms with Crippen LogP contribution in [-0.2, 0) is 14.4 Å². The molecule has 1 fully saturated rings. The van der Waals surface area contributed by atoms with E-state index in [1.54, 1.807) is 20.8 Å². The van der Waals surface area contributed by atoms with Gasteiger partial charge in [-0.1, -0.05) is 6.08 Å². The van der Waals surface area contributed by atoms with Crippen molar-refractivity contribution in [3.63, 3.8) is 0 Å². The first-order valence-electron chi connectivity index (χ1n) is 8.84. The van der Waals surface area contributed by atoms with Crippen molar-refractivity contribution in [3.8, 4) is 0 Å². The first-order valence-corrected chi connectivity index (χ1v) is 8.84. The number of ether oxygens (including phenoxy) is 1. The van der Waals surface area contributed by atoms with Crippen LogP contribution in [0.3, 0.4) is 0 Å². The maximum Gasteiger partial charge on any atom is 1.00 e. The Bertz CT molecular complexity index is 872. The number of carboxylic acid groups (broad SMARTS) is 1. The number of nitrogens with one attached hydrogen (secondary N) is 1. The van der Waals surface area contributed by atoms with Crippen LogP contribution in [-0.4, -0.2) is 69.9 Å². The zero-order chi connectivity index (χ0) is 22.3. The Morgan fingerprint density at radius 1 is 1.39 bits per heavy atom. The van der Waals surface area contributed by atoms with Gasteiger partial charge in [0, 0.05) is 12.1 Å². The molecule has 3 amide bonds. The number of aromatic nitrogens is 1. The Hall–Kier alpha value is -2.62. The molecule has 14 heteroatoms. The minimum Gasteiger partial charge on any atom is -0.542 e. The maximum atomic E-state index is 13.6. The van der Waals surface area contributed by atoms with Gasteiger partial charge in [0.1, 0.15) is 17.6 Å². The van der Waals surface area contributed by atoms with E-state index in [1.807, 2.05) is 0 Å². The van der Waals surface area contributed by atoms with Crippen molar-refractivity contribution in [1.82, 2.24) is 20.3 Å². The molecule has 0 spiro atoms. The zero-order valence-corrected chi connectivity index (χ0v) is 17.3. The van der Waals surface area contributed by atoms with Crippen molar-refractivity contribution >= 4 is 23.7 Å². The Morgan fingerprint density at radius 2 is 2.06 bits per heavy atom. The fourth-order valence-corrected chi connectivity index (χ4v) is 3.05. The molecule has 3 heterocycles. The molecule has 2 aliphatic rings. The van der Waals surface area contributed by atoms with E-state index in [-0.39, 0.29) is 48.3 Å². The molecular formula is C17H19F2LiN4O7. The molecule has 2 atom stereocenters. The zero-order valence-electron chi connectivity index (χ0n) is 17.3. The number of halogens is 2. The quantitative estimate of drug-likeness (QED) is 0.478. The number of rotatable bonds is 6. The van der Waals surface area contributed by atoms with Crippen LogP contribution in [0.25, 0.3) is 5.57 Å². The Labute approximate surface area is 187 Å². The molecule has 164 valence electrons. The van der Waals surface area contributed by atoms with Crippen LogP contribution in [0.1, 0.15) is 26.5 Å². The number of hydrogen-bond donors (Lipinski definition) is 1. The number of fused-ring (bicyclic) bond motifs is 2. The number of alkyl halides is 2. The first-order chi connectivity index (χ1) is 13.9. The monoisotopic (exact) mass is 436 g/mol. The first kappa shape index (κ1) is 24.6. The molecule has 3 rings (SSSR count). The normalized spacial score (nSPS) is 20.8. The number of urea groups is 1. The second-order valence-electron chi connectivity index (χ2n) is 7.61. The number of carboxylic acids is 1. The fourth-order valence-electron chi connectivity index (χ4n) is 3.05. The smallest absolute Gasteiger partial charge is 0.542 e. The van der Waals surface area contributed by atoms with Crippen molar-refractivity contribution in [2.45, 2.75) is 44.6 Å². The number of hydroxylamine groups is 2. The number of alkyl carbamates (subject to hydrolysis) is 1. The van der Waals surface area contributed by atoms with Gasteiger partial charge in [0.2, 0.25) is 0 Å². The average molecular weight is 436 g/mol. The van der Waals surface area contributed by atoms with Gasteiger partial charge in [-0.3, -0.25) is 0 Å². The van der Waals surface area contributed by atoms with Crippen LogP contribution in [0.15, 0.2) is 23.1 Å². The van der Waals surface area contributed by atoms with Gasteiger partial charge in [0.05, 0.1) is 18.8 Å². The van der Waals surface area contributed by atoms with Gasteiger partial charge < -0.3 is 29.3 Å². The van der Waals surface area contributed by atoms with Crippen molar-refractivity contribution in [2.24, 2.45) is 0 Å². The molecule has 2 bridgehead atoms. The van der Waals surface area contributed by atoms with Crippen molar-refractivity contribution in [2.75, 3.05) is 13.1 Å². The van der Waals surface area contributed by atoms with Crippen molar-refractivity contribution in [3.05, 3.63) is 24.4 Å². The van der Waals surface area contributed by atoms with Gasteiger partial charge in [-0.2, -0.15) is 18.7 Å². The Morgan fingerprint density at radius 3 is 2.61 bits per heavy atom. The molecule has 1 aromatic heterocycles. The number of oxazole rings is 1. The summed E-state index contributed by atoms with van der Waals surface area (Å²) in [4.78, 5) is 44.3. The molecule has 1 saturated heterocycles. The number of carbonyl (C=O) groups excluding carboxylic acids is 3. The van der Waals surface area contributed by atoms with Crippen molar-refractivity contribution < 1.29 is 61.1 Å². The second-order valence-corrected chi connectivity index (χ2v) is 7.61. The average Bonchev–Trinajstić information content (AvgIpc) is 3.23. The third-order valence-corrected chi connectivity index (χ3v) is 4.24. The number of carbonyl (C=O) groups is 3. The number of nitrogens with zero attached hydrogens (tertiary/aromatic N) is 3. The molecule has 31 heavy (non-hydrogen) atoms. The van der Waals surface area contributed by atoms with E-state index in [2.05, 4.69) is 15.1 Å². The number of aliphatic carboxylic acids is 1. The Balaban J connectivity index is 0.00000341. The largest absolute Gasteiger partial charge is 1.00 e. The third-order valence-electron chi connectivity index (χ3n) is 4.24. The molecule has 0 aromatic carbocycles. The standard InChI is InChI=1S/C17H20F2N4O7.Li/c1-16(2,3)29-14(26)21-5-9-4-10(12-6-20-8-28-12)11-7-22(9)15(27)23(11)30-17(18,19)13(24)25;/h4,6,8-9,11H,5,7H2,1-3H3,(H,21,26)(H,24,25);/q;+1/p-1. The SMILES string of the molecule is CC(C)(C)OC(=O)NCC1C=C(c2cnco2)C2CN1C(=O)N2OC(F)(F)C(=O)[O-].[Li+]. The van der Waals surface area contributed by atoms with Gasteiger partial charge in [0.25, 0.3) is 0 Å². The van der Waals surface area contributed by atoms with Crippen LogP contribution in [0.4, 0.5) is 18.4 Å². The molecule has 1 aromatic rings. The topological polar surface area (TPSA) is 137 Å². The van der Waals surface area contributed by atoms with Crippen LogP contribution < -0.4 is 29.3 Å². The van der Waals surface area contributed by atoms with E-state index in [0.29, 0.717) is 0 Å². The molecule has 0 aliphatic carbocycles. The van der Waals surface area contributed by atoms with E-state index in [1.165, 1.54) is 12.3 Å². The van der Waals surface area contributed by atoms with E-state index >= 15 is 0 Å². The summed E-state index contributed by atoms with van der Waals surface area (Å²) in [6.45, 7) is 4.81. The summed E-state index contributed by atoms with van der Waals surface area (Å²) < 4.78 is 37.5. The van der Waals surface area contributed by atoms with E-state index in [4.69, 9.17) is 9.15 Å². The second kappa shape index (κ2) is 8.86. The predicted octanol–water partition coefficient (Wildman–Crippen LogP) is -2.65. The summed E-state index contributed by atoms with van der Waals surface area (Å²) in [7, 11) is 0. The van der Waals surface area contributed by atoms with Crippen LogP contribution in [0.2, 0.25) is 0 Å². The van der Waals surface area contributed by atoms with Gasteiger partial charge in [-0.05, 0) is 20.8 Å². The summed E-state index contributed by atoms with van der Waals surface area (Å²) in [5.74, 6) is -2.62. The van der Waals surface area contributed by atoms with E-state index in [0.717, 1.165) is 11.3 Å². The van der Waals surface area contributed by atoms with Crippen LogP contribution in [0.5, 0.6) is 0 Å². The molecular weight excluding hydrogens is 417 g/mol. The van der Waals surface area contributed by atoms with Gasteiger partial charge in [-0.25, -0.2) is 14.6 Å². The van der Waals surface area contributed by atoms with E-state index in [9.17, 15) is 28.3 Å². The molecule has 2 unspecified atom stereocenters. The molecule has 2 aliphatic heterocycles. The summed E-state index contributed by atoms with van der Waals surface area (Å²) in [6, 6.07) is -2.87. The predicted molar refractivity (Wildman–Crippen MR) is 91.3 cm³/mol. The van der Waals surface area contributed by atoms with E-state index < -0.39 is 41.9 Å². The summed E-state index contributed by atoms with van der Waals surface area (Å²) in [6.07, 6.45) is -1.54. The van der Waals surface area contributed by atoms with Gasteiger partial charge >= 0.3 is 37.1 Å². The van der Waals surface area contributed by atoms with Gasteiger partial charge in [-0.15, -0.1) is 0 Å². The molecule has 1 N–H and O–H groups in total. The fraction of sp³-hybridized carbons (Fsp3) is 0.529. The van der Waals surface area contributed by atoms with Crippen LogP contribution in [0, 0.1) is 0 Å². The number of hydrogen-bond acceptors (Lipinski definition) is 8. The van der Waals surface area contributed by atoms with Crippen molar-refractivity contribution in [1.29, 1.82) is 0 Å². The summed E-state index contributed by atoms with van der Waals surface area (Å²) in [5, 5.41) is 13.4. The minimum atomic E-state index is -4.73. The minimum absolute atomic E-state index is 0. The maximum absolute atomic E-state index is 13.6. The third kappa shape index (κ3) is 5.36. The molecule has 0 radical (unpaired) electrons. The van der Waals surface area contributed by atoms with Crippen LogP contribution >= 0.6 is 0 Å². The summed E-state index contributed by atoms with van der Waals surface area (Å²) >= 11 is 0. The molecule has 0 saturated carbocycles. The number of amides is 3. The molecule has 11 nitrogen and oxygen atoms in total. The Kier molecular flexibility index (Phi) is 7.04. The van der Waals surface area contributed by atoms with Gasteiger partial charge in [0.15, 0.2) is 12.2 Å².